The molecule has 0 saturated carbocycles. The number of carbonyl (C=O) groups excluding carboxylic acids is 2. The number of fused-ring (bicyclic) bond motifs is 1. The lowest BCUT2D eigenvalue weighted by molar-refractivity contribution is -0.139. The summed E-state index contributed by atoms with van der Waals surface area (Å²) in [7, 11) is 0. The third kappa shape index (κ3) is 4.87. The summed E-state index contributed by atoms with van der Waals surface area (Å²) in [6.45, 7) is 6.32. The van der Waals surface area contributed by atoms with E-state index < -0.39 is 17.7 Å². The first-order valence-electron chi connectivity index (χ1n) is 12.4. The van der Waals surface area contributed by atoms with Crippen molar-refractivity contribution in [1.29, 1.82) is 0 Å². The second kappa shape index (κ2) is 10.3. The lowest BCUT2D eigenvalue weighted by Gasteiger charge is -2.26. The summed E-state index contributed by atoms with van der Waals surface area (Å²) in [6, 6.07) is 21.7. The fourth-order valence-electron chi connectivity index (χ4n) is 5.01. The van der Waals surface area contributed by atoms with Crippen molar-refractivity contribution in [2.24, 2.45) is 0 Å². The zero-order chi connectivity index (χ0) is 25.9. The van der Waals surface area contributed by atoms with Crippen molar-refractivity contribution >= 4 is 17.4 Å². The Bertz CT molecular complexity index is 1380. The van der Waals surface area contributed by atoms with Crippen LogP contribution in [0.3, 0.4) is 0 Å². The van der Waals surface area contributed by atoms with Gasteiger partial charge in [0.25, 0.3) is 11.7 Å². The Balaban J connectivity index is 1.57. The SMILES string of the molecule is C=CCOc1cccc([C@H]2C(=C(O)c3ccc4c(c3)C[C@H](C)O4)C(=O)C(=O)N2CCc2ccccc2)c1. The van der Waals surface area contributed by atoms with Crippen LogP contribution in [0.2, 0.25) is 0 Å². The van der Waals surface area contributed by atoms with Gasteiger partial charge >= 0.3 is 0 Å². The highest BCUT2D eigenvalue weighted by Gasteiger charge is 2.46. The van der Waals surface area contributed by atoms with Gasteiger partial charge in [0.2, 0.25) is 0 Å². The smallest absolute Gasteiger partial charge is 0.295 e. The van der Waals surface area contributed by atoms with Crippen molar-refractivity contribution in [3.05, 3.63) is 113 Å². The molecule has 0 spiro atoms. The lowest BCUT2D eigenvalue weighted by atomic mass is 9.94. The predicted octanol–water partition coefficient (Wildman–Crippen LogP) is 5.24. The van der Waals surface area contributed by atoms with Crippen LogP contribution in [0.25, 0.3) is 5.76 Å². The standard InChI is InChI=1S/C31H29NO5/c1-3-16-36-25-11-7-10-22(19-25)28-27(29(33)23-12-13-26-24(18-23)17-20(2)37-26)30(34)31(35)32(28)15-14-21-8-5-4-6-9-21/h3-13,18-20,28,33H,1,14-17H2,2H3/t20-,28-/m0/s1. The van der Waals surface area contributed by atoms with E-state index in [1.54, 1.807) is 29.2 Å². The molecule has 0 aliphatic carbocycles. The highest BCUT2D eigenvalue weighted by atomic mass is 16.5. The minimum absolute atomic E-state index is 0.0502. The van der Waals surface area contributed by atoms with Crippen LogP contribution in [0.5, 0.6) is 11.5 Å². The number of nitrogens with zero attached hydrogens (tertiary/aromatic N) is 1. The van der Waals surface area contributed by atoms with Gasteiger partial charge in [-0.05, 0) is 60.4 Å². The van der Waals surface area contributed by atoms with E-state index >= 15 is 0 Å². The number of aliphatic hydroxyl groups excluding tert-OH is 1. The van der Waals surface area contributed by atoms with E-state index in [0.717, 1.165) is 16.9 Å². The molecule has 2 aliphatic rings. The Morgan fingerprint density at radius 3 is 2.70 bits per heavy atom. The molecule has 1 saturated heterocycles. The van der Waals surface area contributed by atoms with E-state index in [1.807, 2.05) is 61.5 Å². The molecule has 6 heteroatoms. The number of benzene rings is 3. The zero-order valence-electron chi connectivity index (χ0n) is 20.7. The van der Waals surface area contributed by atoms with Gasteiger partial charge in [0.15, 0.2) is 0 Å². The number of ketones is 1. The van der Waals surface area contributed by atoms with Crippen molar-refractivity contribution in [2.45, 2.75) is 31.9 Å². The van der Waals surface area contributed by atoms with Crippen LogP contribution >= 0.6 is 0 Å². The number of amides is 1. The average Bonchev–Trinajstić information content (AvgIpc) is 3.41. The number of carbonyl (C=O) groups is 2. The molecule has 0 bridgehead atoms. The Labute approximate surface area is 216 Å². The predicted molar refractivity (Wildman–Crippen MR) is 142 cm³/mol. The van der Waals surface area contributed by atoms with Crippen LogP contribution in [-0.2, 0) is 22.4 Å². The summed E-state index contributed by atoms with van der Waals surface area (Å²) in [5.74, 6) is -0.146. The highest BCUT2D eigenvalue weighted by molar-refractivity contribution is 6.46. The molecule has 3 aromatic rings. The van der Waals surface area contributed by atoms with E-state index in [1.165, 1.54) is 0 Å². The summed E-state index contributed by atoms with van der Waals surface area (Å²) in [5, 5.41) is 11.4. The Kier molecular flexibility index (Phi) is 6.82. The van der Waals surface area contributed by atoms with Crippen LogP contribution < -0.4 is 9.47 Å². The van der Waals surface area contributed by atoms with Gasteiger partial charge in [0.05, 0.1) is 11.6 Å². The van der Waals surface area contributed by atoms with E-state index in [0.29, 0.717) is 42.9 Å². The van der Waals surface area contributed by atoms with Gasteiger partial charge in [-0.3, -0.25) is 9.59 Å². The summed E-state index contributed by atoms with van der Waals surface area (Å²) in [4.78, 5) is 28.2. The Morgan fingerprint density at radius 1 is 1.11 bits per heavy atom. The molecule has 3 aromatic carbocycles. The van der Waals surface area contributed by atoms with Gasteiger partial charge in [-0.25, -0.2) is 0 Å². The van der Waals surface area contributed by atoms with Gasteiger partial charge in [-0.15, -0.1) is 0 Å². The van der Waals surface area contributed by atoms with Gasteiger partial charge in [0.1, 0.15) is 30.0 Å². The highest BCUT2D eigenvalue weighted by Crippen LogP contribution is 2.41. The number of hydrogen-bond acceptors (Lipinski definition) is 5. The maximum absolute atomic E-state index is 13.4. The van der Waals surface area contributed by atoms with Gasteiger partial charge in [0, 0.05) is 18.5 Å². The first-order chi connectivity index (χ1) is 18.0. The van der Waals surface area contributed by atoms with Crippen LogP contribution in [-0.4, -0.2) is 41.0 Å². The fraction of sp³-hybridized carbons (Fsp3) is 0.226. The minimum atomic E-state index is -0.751. The molecule has 0 aromatic heterocycles. The normalized spacial score (nSPS) is 20.0. The summed E-state index contributed by atoms with van der Waals surface area (Å²) < 4.78 is 11.5. The van der Waals surface area contributed by atoms with Gasteiger partial charge in [-0.1, -0.05) is 55.1 Å². The quantitative estimate of drug-likeness (QED) is 0.200. The topological polar surface area (TPSA) is 76.1 Å². The van der Waals surface area contributed by atoms with Crippen molar-refractivity contribution < 1.29 is 24.2 Å². The Hall–Kier alpha value is -4.32. The molecule has 0 unspecified atom stereocenters. The van der Waals surface area contributed by atoms with Crippen LogP contribution in [0.1, 0.15) is 35.2 Å². The molecular weight excluding hydrogens is 466 g/mol. The van der Waals surface area contributed by atoms with Gasteiger partial charge < -0.3 is 19.5 Å². The largest absolute Gasteiger partial charge is 0.507 e. The third-order valence-electron chi connectivity index (χ3n) is 6.74. The first-order valence-corrected chi connectivity index (χ1v) is 12.4. The van der Waals surface area contributed by atoms with E-state index in [2.05, 4.69) is 6.58 Å². The third-order valence-corrected chi connectivity index (χ3v) is 6.74. The summed E-state index contributed by atoms with van der Waals surface area (Å²) in [6.07, 6.45) is 2.99. The molecule has 188 valence electrons. The van der Waals surface area contributed by atoms with Crippen LogP contribution in [0.15, 0.2) is 91.0 Å². The van der Waals surface area contributed by atoms with Gasteiger partial charge in [-0.2, -0.15) is 0 Å². The van der Waals surface area contributed by atoms with E-state index in [-0.39, 0.29) is 17.4 Å². The monoisotopic (exact) mass is 495 g/mol. The molecule has 6 nitrogen and oxygen atoms in total. The molecule has 2 heterocycles. The zero-order valence-corrected chi connectivity index (χ0v) is 20.7. The van der Waals surface area contributed by atoms with Crippen molar-refractivity contribution in [2.75, 3.05) is 13.2 Å². The second-order valence-corrected chi connectivity index (χ2v) is 9.36. The number of aliphatic hydroxyl groups is 1. The summed E-state index contributed by atoms with van der Waals surface area (Å²) >= 11 is 0. The minimum Gasteiger partial charge on any atom is -0.507 e. The van der Waals surface area contributed by atoms with Crippen LogP contribution in [0.4, 0.5) is 0 Å². The summed E-state index contributed by atoms with van der Waals surface area (Å²) in [5.41, 5.74) is 3.27. The molecule has 5 rings (SSSR count). The average molecular weight is 496 g/mol. The maximum Gasteiger partial charge on any atom is 0.295 e. The van der Waals surface area contributed by atoms with Crippen molar-refractivity contribution in [3.8, 4) is 11.5 Å². The number of Topliss-reactive ketones (excluding diaryl/α,β-unsaturated/α-hetero) is 1. The maximum atomic E-state index is 13.4. The molecule has 1 fully saturated rings. The number of likely N-dealkylation sites (tertiary alicyclic amines) is 1. The molecule has 2 aliphatic heterocycles. The van der Waals surface area contributed by atoms with Crippen molar-refractivity contribution in [3.63, 3.8) is 0 Å². The van der Waals surface area contributed by atoms with Crippen LogP contribution in [0, 0.1) is 0 Å². The van der Waals surface area contributed by atoms with E-state index in [4.69, 9.17) is 9.47 Å². The molecule has 2 atom stereocenters. The lowest BCUT2D eigenvalue weighted by Crippen LogP contribution is -2.31. The fourth-order valence-corrected chi connectivity index (χ4v) is 5.01. The Morgan fingerprint density at radius 2 is 1.92 bits per heavy atom. The second-order valence-electron chi connectivity index (χ2n) is 9.36. The molecule has 0 radical (unpaired) electrons. The van der Waals surface area contributed by atoms with Crippen molar-refractivity contribution in [1.82, 2.24) is 4.90 Å². The number of ether oxygens (including phenoxy) is 2. The molecule has 1 N–H and O–H groups in total. The molecular formula is C31H29NO5. The van der Waals surface area contributed by atoms with E-state index in [9.17, 15) is 14.7 Å². The first kappa shape index (κ1) is 24.4. The molecule has 37 heavy (non-hydrogen) atoms. The number of hydrogen-bond donors (Lipinski definition) is 1. The molecule has 1 amide bonds. The number of rotatable bonds is 8.